The zero-order valence-electron chi connectivity index (χ0n) is 14.0. The fourth-order valence-electron chi connectivity index (χ4n) is 1.79. The lowest BCUT2D eigenvalue weighted by Gasteiger charge is -2.11. The monoisotopic (exact) mass is 323 g/mol. The number of hydrogen-bond acceptors (Lipinski definition) is 5. The number of nitriles is 1. The molecule has 0 saturated heterocycles. The first kappa shape index (κ1) is 19.0. The molecule has 0 aliphatic rings. The minimum atomic E-state index is -0.217. The molecule has 0 aromatic heterocycles. The Labute approximate surface area is 142 Å². The summed E-state index contributed by atoms with van der Waals surface area (Å²) in [5.74, 6) is 0.183. The molecule has 0 atom stereocenters. The number of rotatable bonds is 8. The fraction of sp³-hybridized carbons (Fsp3) is 0.263. The quantitative estimate of drug-likeness (QED) is 0.215. The number of esters is 1. The van der Waals surface area contributed by atoms with Crippen LogP contribution < -0.4 is 4.74 Å². The van der Waals surface area contributed by atoms with E-state index < -0.39 is 0 Å². The van der Waals surface area contributed by atoms with Crippen LogP contribution in [0.4, 0.5) is 5.69 Å². The number of azo groups is 1. The third-order valence-electron chi connectivity index (χ3n) is 3.29. The molecule has 0 fully saturated rings. The first-order valence-corrected chi connectivity index (χ1v) is 7.69. The predicted molar refractivity (Wildman–Crippen MR) is 93.7 cm³/mol. The van der Waals surface area contributed by atoms with Crippen molar-refractivity contribution in [1.29, 1.82) is 5.26 Å². The molecule has 0 saturated carbocycles. The van der Waals surface area contributed by atoms with Gasteiger partial charge in [-0.05, 0) is 49.3 Å². The number of carbonyl (C=O) groups is 1. The summed E-state index contributed by atoms with van der Waals surface area (Å²) in [7, 11) is 0. The maximum Gasteiger partial charge on any atom is 0.314 e. The molecule has 0 heterocycles. The van der Waals surface area contributed by atoms with Gasteiger partial charge in [-0.3, -0.25) is 4.79 Å². The first-order chi connectivity index (χ1) is 11.5. The second-order valence-electron chi connectivity index (χ2n) is 5.09. The van der Waals surface area contributed by atoms with Gasteiger partial charge < -0.3 is 4.74 Å². The van der Waals surface area contributed by atoms with Gasteiger partial charge in [0.25, 0.3) is 0 Å². The molecule has 0 bridgehead atoms. The summed E-state index contributed by atoms with van der Waals surface area (Å²) >= 11 is 0. The largest absolute Gasteiger partial charge is 0.426 e. The van der Waals surface area contributed by atoms with Crippen LogP contribution in [0.2, 0.25) is 0 Å². The highest BCUT2D eigenvalue weighted by molar-refractivity contribution is 5.75. The van der Waals surface area contributed by atoms with E-state index in [1.807, 2.05) is 19.9 Å². The zero-order chi connectivity index (χ0) is 17.9. The van der Waals surface area contributed by atoms with E-state index >= 15 is 0 Å². The lowest BCUT2D eigenvalue weighted by Crippen LogP contribution is -2.19. The van der Waals surface area contributed by atoms with E-state index in [1.54, 1.807) is 30.3 Å². The number of ether oxygens (including phenoxy) is 1. The minimum Gasteiger partial charge on any atom is -0.426 e. The van der Waals surface area contributed by atoms with Gasteiger partial charge in [0.15, 0.2) is 0 Å². The van der Waals surface area contributed by atoms with Gasteiger partial charge in [0, 0.05) is 5.57 Å². The average molecular weight is 323 g/mol. The second-order valence-corrected chi connectivity index (χ2v) is 5.09. The van der Waals surface area contributed by atoms with Crippen molar-refractivity contribution in [2.45, 2.75) is 26.7 Å². The summed E-state index contributed by atoms with van der Waals surface area (Å²) in [4.78, 5) is 11.9. The number of allylic oxidation sites excluding steroid dienone is 3. The van der Waals surface area contributed by atoms with Gasteiger partial charge in [0.1, 0.15) is 5.75 Å². The number of benzene rings is 1. The summed E-state index contributed by atoms with van der Waals surface area (Å²) in [6, 6.07) is 8.64. The van der Waals surface area contributed by atoms with Crippen molar-refractivity contribution in [2.75, 3.05) is 0 Å². The van der Waals surface area contributed by atoms with E-state index in [9.17, 15) is 4.79 Å². The molecule has 124 valence electrons. The van der Waals surface area contributed by atoms with Crippen LogP contribution in [0, 0.1) is 17.2 Å². The van der Waals surface area contributed by atoms with Crippen LogP contribution >= 0.6 is 0 Å². The van der Waals surface area contributed by atoms with Crippen LogP contribution in [0.1, 0.15) is 26.7 Å². The molecule has 0 unspecified atom stereocenters. The first-order valence-electron chi connectivity index (χ1n) is 7.69. The Balaban J connectivity index is 2.65. The Morgan fingerprint density at radius 3 is 2.42 bits per heavy atom. The predicted octanol–water partition coefficient (Wildman–Crippen LogP) is 5.26. The standard InChI is InChI=1S/C19H21N3O2/c1-5-16(6-2)19(23)24-18-11-9-17(10-12-18)22-21-15(4)8-7-14(3)13-20/h7-12,16H,3-6H2,1-2H3/b8-7-,22-21?. The Morgan fingerprint density at radius 2 is 1.88 bits per heavy atom. The van der Waals surface area contributed by atoms with Gasteiger partial charge in [-0.25, -0.2) is 0 Å². The highest BCUT2D eigenvalue weighted by Gasteiger charge is 2.16. The number of carbonyl (C=O) groups excluding carboxylic acids is 1. The van der Waals surface area contributed by atoms with Gasteiger partial charge in [-0.1, -0.05) is 27.0 Å². The summed E-state index contributed by atoms with van der Waals surface area (Å²) in [6.45, 7) is 11.2. The van der Waals surface area contributed by atoms with Crippen molar-refractivity contribution in [3.63, 3.8) is 0 Å². The van der Waals surface area contributed by atoms with E-state index in [4.69, 9.17) is 10.00 Å². The molecule has 5 nitrogen and oxygen atoms in total. The maximum absolute atomic E-state index is 11.9. The molecule has 1 aromatic carbocycles. The van der Waals surface area contributed by atoms with Crippen molar-refractivity contribution < 1.29 is 9.53 Å². The van der Waals surface area contributed by atoms with Crippen LogP contribution in [0.5, 0.6) is 5.75 Å². The molecule has 24 heavy (non-hydrogen) atoms. The van der Waals surface area contributed by atoms with Crippen molar-refractivity contribution >= 4 is 11.7 Å². The molecule has 0 spiro atoms. The lowest BCUT2D eigenvalue weighted by molar-refractivity contribution is -0.139. The molecule has 0 N–H and O–H groups in total. The van der Waals surface area contributed by atoms with Crippen molar-refractivity contribution in [3.05, 3.63) is 60.8 Å². The zero-order valence-corrected chi connectivity index (χ0v) is 14.0. The topological polar surface area (TPSA) is 74.8 Å². The van der Waals surface area contributed by atoms with Gasteiger partial charge in [0.2, 0.25) is 0 Å². The molecule has 0 aliphatic heterocycles. The molecule has 0 radical (unpaired) electrons. The molecule has 1 rings (SSSR count). The Hall–Kier alpha value is -3.00. The van der Waals surface area contributed by atoms with Crippen LogP contribution in [-0.4, -0.2) is 5.97 Å². The van der Waals surface area contributed by atoms with Gasteiger partial charge >= 0.3 is 5.97 Å². The number of nitrogens with zero attached hydrogens (tertiary/aromatic N) is 3. The molecule has 5 heteroatoms. The lowest BCUT2D eigenvalue weighted by atomic mass is 10.0. The van der Waals surface area contributed by atoms with Crippen molar-refractivity contribution in [3.8, 4) is 11.8 Å². The summed E-state index contributed by atoms with van der Waals surface area (Å²) in [6.07, 6.45) is 4.59. The fourth-order valence-corrected chi connectivity index (χ4v) is 1.79. The summed E-state index contributed by atoms with van der Waals surface area (Å²) < 4.78 is 5.34. The normalized spacial score (nSPS) is 10.9. The SMILES string of the molecule is C=C(C#N)/C=C\C(=C)N=Nc1ccc(OC(=O)C(CC)CC)cc1. The molecule has 0 aliphatic carbocycles. The van der Waals surface area contributed by atoms with E-state index in [2.05, 4.69) is 23.4 Å². The van der Waals surface area contributed by atoms with E-state index in [0.29, 0.717) is 22.7 Å². The third kappa shape index (κ3) is 6.41. The maximum atomic E-state index is 11.9. The highest BCUT2D eigenvalue weighted by atomic mass is 16.5. The molecule has 0 amide bonds. The Kier molecular flexibility index (Phi) is 7.86. The van der Waals surface area contributed by atoms with Crippen molar-refractivity contribution in [1.82, 2.24) is 0 Å². The highest BCUT2D eigenvalue weighted by Crippen LogP contribution is 2.21. The van der Waals surface area contributed by atoms with Gasteiger partial charge in [-0.2, -0.15) is 15.5 Å². The molecular weight excluding hydrogens is 302 g/mol. The van der Waals surface area contributed by atoms with Crippen LogP contribution in [0.15, 0.2) is 71.1 Å². The molecule has 1 aromatic rings. The average Bonchev–Trinajstić information content (AvgIpc) is 2.60. The van der Waals surface area contributed by atoms with Crippen molar-refractivity contribution in [2.24, 2.45) is 16.1 Å². The summed E-state index contributed by atoms with van der Waals surface area (Å²) in [5, 5.41) is 16.5. The Bertz CT molecular complexity index is 690. The Morgan fingerprint density at radius 1 is 1.25 bits per heavy atom. The minimum absolute atomic E-state index is 0.0809. The van der Waals surface area contributed by atoms with Crippen LogP contribution in [0.25, 0.3) is 0 Å². The van der Waals surface area contributed by atoms with E-state index in [0.717, 1.165) is 12.8 Å². The third-order valence-corrected chi connectivity index (χ3v) is 3.29. The van der Waals surface area contributed by atoms with Gasteiger partial charge in [-0.15, -0.1) is 0 Å². The van der Waals surface area contributed by atoms with E-state index in [1.165, 1.54) is 6.08 Å². The summed E-state index contributed by atoms with van der Waals surface area (Å²) in [5.41, 5.74) is 1.32. The second kappa shape index (κ2) is 9.90. The van der Waals surface area contributed by atoms with Gasteiger partial charge in [0.05, 0.1) is 23.4 Å². The number of hydrogen-bond donors (Lipinski definition) is 0. The smallest absolute Gasteiger partial charge is 0.314 e. The van der Waals surface area contributed by atoms with E-state index in [-0.39, 0.29) is 11.9 Å². The van der Waals surface area contributed by atoms with Crippen LogP contribution in [-0.2, 0) is 4.79 Å². The van der Waals surface area contributed by atoms with Crippen LogP contribution in [0.3, 0.4) is 0 Å². The molecular formula is C19H21N3O2.